The number of nitrogens with zero attached hydrogens (tertiary/aromatic N) is 3. The molecule has 2 aromatic heterocycles. The van der Waals surface area contributed by atoms with Crippen molar-refractivity contribution in [1.29, 1.82) is 0 Å². The monoisotopic (exact) mass is 392 g/mol. The molecular formula is C20H10ClFN4O2. The zero-order valence-electron chi connectivity index (χ0n) is 14.1. The van der Waals surface area contributed by atoms with Crippen molar-refractivity contribution in [1.82, 2.24) is 15.2 Å². The Labute approximate surface area is 162 Å². The molecule has 136 valence electrons. The summed E-state index contributed by atoms with van der Waals surface area (Å²) in [7, 11) is 0. The van der Waals surface area contributed by atoms with E-state index in [4.69, 9.17) is 11.6 Å². The minimum Gasteiger partial charge on any atom is -0.275 e. The molecule has 2 amide bonds. The SMILES string of the molecule is O=C1c2cnc3n[nH]c(-c4ccccc4)c3c2C(=O)N1c1ccc(F)c(Cl)c1. The maximum absolute atomic E-state index is 13.5. The number of anilines is 1. The Balaban J connectivity index is 1.73. The molecule has 0 radical (unpaired) electrons. The summed E-state index contributed by atoms with van der Waals surface area (Å²) >= 11 is 5.83. The van der Waals surface area contributed by atoms with Gasteiger partial charge in [-0.2, -0.15) is 5.10 Å². The first-order chi connectivity index (χ1) is 13.6. The molecule has 0 spiro atoms. The van der Waals surface area contributed by atoms with E-state index in [1.807, 2.05) is 30.3 Å². The van der Waals surface area contributed by atoms with E-state index in [0.29, 0.717) is 16.7 Å². The third-order valence-electron chi connectivity index (χ3n) is 4.66. The number of hydrogen-bond donors (Lipinski definition) is 1. The Kier molecular flexibility index (Phi) is 3.53. The predicted molar refractivity (Wildman–Crippen MR) is 102 cm³/mol. The van der Waals surface area contributed by atoms with Crippen LogP contribution in [-0.4, -0.2) is 27.0 Å². The van der Waals surface area contributed by atoms with Crippen molar-refractivity contribution < 1.29 is 14.0 Å². The van der Waals surface area contributed by atoms with Crippen molar-refractivity contribution in [3.8, 4) is 11.3 Å². The zero-order chi connectivity index (χ0) is 19.4. The third-order valence-corrected chi connectivity index (χ3v) is 4.95. The van der Waals surface area contributed by atoms with Crippen LogP contribution in [0.4, 0.5) is 10.1 Å². The second-order valence-corrected chi connectivity index (χ2v) is 6.66. The standard InChI is InChI=1S/C20H10ClFN4O2/c21-13-8-11(6-7-14(13)22)26-19(27)12-9-23-18-16(15(12)20(26)28)17(24-25-18)10-4-2-1-3-5-10/h1-9H,(H,23,24,25). The number of aromatic amines is 1. The number of imide groups is 1. The highest BCUT2D eigenvalue weighted by Crippen LogP contribution is 2.37. The topological polar surface area (TPSA) is 79.0 Å². The molecule has 0 saturated carbocycles. The predicted octanol–water partition coefficient (Wildman–Crippen LogP) is 4.22. The molecular weight excluding hydrogens is 383 g/mol. The van der Waals surface area contributed by atoms with Crippen molar-refractivity contribution in [2.45, 2.75) is 0 Å². The summed E-state index contributed by atoms with van der Waals surface area (Å²) in [6, 6.07) is 13.0. The van der Waals surface area contributed by atoms with E-state index in [9.17, 15) is 14.0 Å². The van der Waals surface area contributed by atoms with E-state index in [1.165, 1.54) is 18.3 Å². The highest BCUT2D eigenvalue weighted by atomic mass is 35.5. The number of aromatic nitrogens is 3. The highest BCUT2D eigenvalue weighted by molar-refractivity contribution is 6.38. The van der Waals surface area contributed by atoms with Gasteiger partial charge in [-0.05, 0) is 18.2 Å². The molecule has 0 saturated heterocycles. The van der Waals surface area contributed by atoms with Crippen LogP contribution in [0.25, 0.3) is 22.3 Å². The number of nitrogens with one attached hydrogen (secondary N) is 1. The minimum absolute atomic E-state index is 0.163. The molecule has 1 N–H and O–H groups in total. The van der Waals surface area contributed by atoms with Gasteiger partial charge in [0.15, 0.2) is 5.65 Å². The van der Waals surface area contributed by atoms with E-state index in [0.717, 1.165) is 16.5 Å². The van der Waals surface area contributed by atoms with Crippen LogP contribution in [0.1, 0.15) is 20.7 Å². The zero-order valence-corrected chi connectivity index (χ0v) is 14.9. The maximum Gasteiger partial charge on any atom is 0.267 e. The average Bonchev–Trinajstić information content (AvgIpc) is 3.24. The first kappa shape index (κ1) is 16.6. The molecule has 0 aliphatic carbocycles. The van der Waals surface area contributed by atoms with Crippen molar-refractivity contribution in [2.75, 3.05) is 4.90 Å². The van der Waals surface area contributed by atoms with Crippen LogP contribution < -0.4 is 4.90 Å². The van der Waals surface area contributed by atoms with Crippen molar-refractivity contribution in [2.24, 2.45) is 0 Å². The molecule has 28 heavy (non-hydrogen) atoms. The molecule has 0 unspecified atom stereocenters. The van der Waals surface area contributed by atoms with Crippen LogP contribution in [0.2, 0.25) is 5.02 Å². The number of hydrogen-bond acceptors (Lipinski definition) is 4. The van der Waals surface area contributed by atoms with Gasteiger partial charge in [0, 0.05) is 11.8 Å². The van der Waals surface area contributed by atoms with E-state index < -0.39 is 17.6 Å². The fourth-order valence-corrected chi connectivity index (χ4v) is 3.54. The maximum atomic E-state index is 13.5. The number of carbonyl (C=O) groups excluding carboxylic acids is 2. The molecule has 8 heteroatoms. The van der Waals surface area contributed by atoms with Gasteiger partial charge in [0.1, 0.15) is 5.82 Å². The Hall–Kier alpha value is -3.58. The minimum atomic E-state index is -0.632. The van der Waals surface area contributed by atoms with Gasteiger partial charge in [-0.25, -0.2) is 14.3 Å². The summed E-state index contributed by atoms with van der Waals surface area (Å²) in [5.41, 5.74) is 2.30. The molecule has 4 aromatic rings. The third kappa shape index (κ3) is 2.26. The summed E-state index contributed by atoms with van der Waals surface area (Å²) in [6.45, 7) is 0. The van der Waals surface area contributed by atoms with Crippen LogP contribution in [0.5, 0.6) is 0 Å². The van der Waals surface area contributed by atoms with Crippen molar-refractivity contribution in [3.05, 3.63) is 76.7 Å². The van der Waals surface area contributed by atoms with E-state index in [-0.39, 0.29) is 21.8 Å². The number of halogens is 2. The number of fused-ring (bicyclic) bond motifs is 3. The smallest absolute Gasteiger partial charge is 0.267 e. The van der Waals surface area contributed by atoms with Gasteiger partial charge in [0.2, 0.25) is 0 Å². The van der Waals surface area contributed by atoms with Gasteiger partial charge in [-0.3, -0.25) is 14.7 Å². The largest absolute Gasteiger partial charge is 0.275 e. The Morgan fingerprint density at radius 2 is 1.82 bits per heavy atom. The molecule has 0 bridgehead atoms. The Morgan fingerprint density at radius 3 is 2.57 bits per heavy atom. The van der Waals surface area contributed by atoms with Gasteiger partial charge < -0.3 is 0 Å². The fraction of sp³-hybridized carbons (Fsp3) is 0. The van der Waals surface area contributed by atoms with Gasteiger partial charge >= 0.3 is 0 Å². The lowest BCUT2D eigenvalue weighted by atomic mass is 10.0. The number of benzene rings is 2. The summed E-state index contributed by atoms with van der Waals surface area (Å²) in [5.74, 6) is -1.71. The van der Waals surface area contributed by atoms with E-state index >= 15 is 0 Å². The van der Waals surface area contributed by atoms with E-state index in [2.05, 4.69) is 15.2 Å². The first-order valence-corrected chi connectivity index (χ1v) is 8.70. The van der Waals surface area contributed by atoms with Gasteiger partial charge in [-0.15, -0.1) is 0 Å². The molecule has 1 aliphatic rings. The second-order valence-electron chi connectivity index (χ2n) is 6.25. The molecule has 1 aliphatic heterocycles. The molecule has 5 rings (SSSR count). The van der Waals surface area contributed by atoms with Gasteiger partial charge in [-0.1, -0.05) is 41.9 Å². The lowest BCUT2D eigenvalue weighted by Gasteiger charge is -2.14. The van der Waals surface area contributed by atoms with E-state index in [1.54, 1.807) is 0 Å². The first-order valence-electron chi connectivity index (χ1n) is 8.32. The van der Waals surface area contributed by atoms with Crippen LogP contribution in [0, 0.1) is 5.82 Å². The summed E-state index contributed by atoms with van der Waals surface area (Å²) in [6.07, 6.45) is 1.33. The highest BCUT2D eigenvalue weighted by Gasteiger charge is 2.40. The Morgan fingerprint density at radius 1 is 1.04 bits per heavy atom. The number of carbonyl (C=O) groups is 2. The number of pyridine rings is 1. The summed E-state index contributed by atoms with van der Waals surface area (Å²) < 4.78 is 13.5. The van der Waals surface area contributed by atoms with Crippen molar-refractivity contribution >= 4 is 40.1 Å². The van der Waals surface area contributed by atoms with Crippen molar-refractivity contribution in [3.63, 3.8) is 0 Å². The van der Waals surface area contributed by atoms with Crippen LogP contribution in [-0.2, 0) is 0 Å². The summed E-state index contributed by atoms with van der Waals surface area (Å²) in [4.78, 5) is 31.3. The Bertz CT molecular complexity index is 1290. The van der Waals surface area contributed by atoms with Gasteiger partial charge in [0.25, 0.3) is 11.8 Å². The summed E-state index contributed by atoms with van der Waals surface area (Å²) in [5, 5.41) is 7.36. The molecule has 6 nitrogen and oxygen atoms in total. The number of rotatable bonds is 2. The lowest BCUT2D eigenvalue weighted by Crippen LogP contribution is -2.29. The second kappa shape index (κ2) is 5.97. The molecule has 3 heterocycles. The van der Waals surface area contributed by atoms with Gasteiger partial charge in [0.05, 0.1) is 32.9 Å². The molecule has 0 atom stereocenters. The number of H-pyrrole nitrogens is 1. The molecule has 0 fully saturated rings. The number of amides is 2. The van der Waals surface area contributed by atoms with Crippen LogP contribution in [0.15, 0.2) is 54.7 Å². The normalized spacial score (nSPS) is 13.4. The average molecular weight is 393 g/mol. The van der Waals surface area contributed by atoms with Crippen LogP contribution >= 0.6 is 11.6 Å². The fourth-order valence-electron chi connectivity index (χ4n) is 3.37. The van der Waals surface area contributed by atoms with Crippen LogP contribution in [0.3, 0.4) is 0 Å². The quantitative estimate of drug-likeness (QED) is 0.518. The lowest BCUT2D eigenvalue weighted by molar-refractivity contribution is 0.0926. The molecule has 2 aromatic carbocycles.